The molecule has 1 unspecified atom stereocenters. The summed E-state index contributed by atoms with van der Waals surface area (Å²) in [6.07, 6.45) is 11.1. The van der Waals surface area contributed by atoms with Gasteiger partial charge in [-0.3, -0.25) is 0 Å². The first-order chi connectivity index (χ1) is 13.0. The molecule has 0 amide bonds. The van der Waals surface area contributed by atoms with Crippen molar-refractivity contribution in [2.45, 2.75) is 84.0 Å². The van der Waals surface area contributed by atoms with E-state index in [0.717, 1.165) is 0 Å². The summed E-state index contributed by atoms with van der Waals surface area (Å²) in [5.41, 5.74) is 0. The van der Waals surface area contributed by atoms with Gasteiger partial charge in [0.2, 0.25) is 0 Å². The van der Waals surface area contributed by atoms with Crippen LogP contribution in [0.25, 0.3) is 0 Å². The van der Waals surface area contributed by atoms with Crippen LogP contribution in [0.15, 0.2) is 29.2 Å². The SMILES string of the molecule is CCCC[N+](CCCC)(CCCC)CCCC.O=S(O)c1ccccc1Cl. The summed E-state index contributed by atoms with van der Waals surface area (Å²) in [5, 5.41) is 0.323. The molecule has 0 aliphatic rings. The van der Waals surface area contributed by atoms with Crippen molar-refractivity contribution >= 4 is 22.7 Å². The van der Waals surface area contributed by atoms with Crippen molar-refractivity contribution in [1.29, 1.82) is 0 Å². The number of rotatable bonds is 13. The molecular formula is C22H41ClNO2S+. The fourth-order valence-electron chi connectivity index (χ4n) is 3.23. The van der Waals surface area contributed by atoms with Crippen LogP contribution in [0.2, 0.25) is 5.02 Å². The molecule has 0 heterocycles. The lowest BCUT2D eigenvalue weighted by atomic mass is 10.1. The molecule has 1 rings (SSSR count). The van der Waals surface area contributed by atoms with E-state index in [2.05, 4.69) is 27.7 Å². The number of quaternary nitrogens is 1. The predicted octanol–water partition coefficient (Wildman–Crippen LogP) is 6.92. The van der Waals surface area contributed by atoms with Crippen LogP contribution in [-0.2, 0) is 11.1 Å². The summed E-state index contributed by atoms with van der Waals surface area (Å²) in [7, 11) is 0. The van der Waals surface area contributed by atoms with E-state index in [1.165, 1.54) is 88.1 Å². The Labute approximate surface area is 175 Å². The normalized spacial score (nSPS) is 12.4. The van der Waals surface area contributed by atoms with Gasteiger partial charge < -0.3 is 9.04 Å². The maximum atomic E-state index is 10.4. The number of unbranched alkanes of at least 4 members (excludes halogenated alkanes) is 4. The number of hydrogen-bond acceptors (Lipinski definition) is 1. The first-order valence-corrected chi connectivity index (χ1v) is 12.1. The van der Waals surface area contributed by atoms with Gasteiger partial charge in [0.25, 0.3) is 0 Å². The molecule has 5 heteroatoms. The summed E-state index contributed by atoms with van der Waals surface area (Å²) in [5.74, 6) is 0. The molecule has 0 radical (unpaired) electrons. The summed E-state index contributed by atoms with van der Waals surface area (Å²) in [4.78, 5) is 0.254. The minimum atomic E-state index is -1.97. The molecule has 1 aromatic carbocycles. The largest absolute Gasteiger partial charge is 0.324 e. The van der Waals surface area contributed by atoms with E-state index in [4.69, 9.17) is 16.2 Å². The Kier molecular flexibility index (Phi) is 16.3. The van der Waals surface area contributed by atoms with Gasteiger partial charge in [-0.1, -0.05) is 77.1 Å². The highest BCUT2D eigenvalue weighted by atomic mass is 35.5. The van der Waals surface area contributed by atoms with Crippen molar-refractivity contribution in [3.63, 3.8) is 0 Å². The maximum Gasteiger partial charge on any atom is 0.188 e. The second-order valence-electron chi connectivity index (χ2n) is 7.33. The van der Waals surface area contributed by atoms with Crippen LogP contribution in [0, 0.1) is 0 Å². The van der Waals surface area contributed by atoms with Gasteiger partial charge in [0, 0.05) is 0 Å². The molecule has 0 saturated heterocycles. The molecule has 0 bridgehead atoms. The molecule has 0 aliphatic heterocycles. The summed E-state index contributed by atoms with van der Waals surface area (Å²) in [6, 6.07) is 6.46. The number of halogens is 1. The molecule has 0 spiro atoms. The van der Waals surface area contributed by atoms with Crippen molar-refractivity contribution in [1.82, 2.24) is 0 Å². The van der Waals surface area contributed by atoms with E-state index in [1.807, 2.05) is 0 Å². The topological polar surface area (TPSA) is 37.3 Å². The van der Waals surface area contributed by atoms with Crippen LogP contribution in [-0.4, -0.2) is 39.4 Å². The second kappa shape index (κ2) is 16.5. The monoisotopic (exact) mass is 418 g/mol. The third-order valence-corrected chi connectivity index (χ3v) is 6.14. The van der Waals surface area contributed by atoms with Gasteiger partial charge in [-0.25, -0.2) is 4.21 Å². The second-order valence-corrected chi connectivity index (χ2v) is 8.68. The van der Waals surface area contributed by atoms with Gasteiger partial charge >= 0.3 is 0 Å². The Hall–Kier alpha value is -0.420. The number of hydrogen-bond donors (Lipinski definition) is 1. The Morgan fingerprint density at radius 1 is 0.815 bits per heavy atom. The third kappa shape index (κ3) is 11.9. The van der Waals surface area contributed by atoms with E-state index in [1.54, 1.807) is 18.2 Å². The lowest BCUT2D eigenvalue weighted by Crippen LogP contribution is -2.50. The zero-order valence-electron chi connectivity index (χ0n) is 17.9. The molecule has 1 aromatic rings. The predicted molar refractivity (Wildman–Crippen MR) is 120 cm³/mol. The van der Waals surface area contributed by atoms with Crippen molar-refractivity contribution in [3.05, 3.63) is 29.3 Å². The molecule has 0 aliphatic carbocycles. The molecule has 158 valence electrons. The van der Waals surface area contributed by atoms with E-state index in [0.29, 0.717) is 5.02 Å². The Morgan fingerprint density at radius 3 is 1.44 bits per heavy atom. The highest BCUT2D eigenvalue weighted by Crippen LogP contribution is 2.17. The van der Waals surface area contributed by atoms with Gasteiger partial charge in [-0.2, -0.15) is 0 Å². The van der Waals surface area contributed by atoms with Crippen LogP contribution >= 0.6 is 11.6 Å². The fraction of sp³-hybridized carbons (Fsp3) is 0.727. The average Bonchev–Trinajstić information content (AvgIpc) is 2.67. The van der Waals surface area contributed by atoms with Crippen LogP contribution in [0.5, 0.6) is 0 Å². The Bertz CT molecular complexity index is 473. The number of benzene rings is 1. The zero-order valence-corrected chi connectivity index (χ0v) is 19.5. The van der Waals surface area contributed by atoms with Crippen molar-refractivity contribution in [2.24, 2.45) is 0 Å². The van der Waals surface area contributed by atoms with Gasteiger partial charge in [0.15, 0.2) is 11.1 Å². The standard InChI is InChI=1S/C16H36N.C6H5ClO2S/c1-5-9-13-17(14-10-6-2,15-11-7-3)16-12-8-4;7-5-3-1-2-4-6(5)10(8)9/h5-16H2,1-4H3;1-4H,(H,8,9)/q+1;. The minimum Gasteiger partial charge on any atom is -0.324 e. The Balaban J connectivity index is 0.000000569. The molecule has 1 atom stereocenters. The van der Waals surface area contributed by atoms with Crippen molar-refractivity contribution < 1.29 is 13.2 Å². The van der Waals surface area contributed by atoms with E-state index >= 15 is 0 Å². The summed E-state index contributed by atoms with van der Waals surface area (Å²) in [6.45, 7) is 15.0. The zero-order chi connectivity index (χ0) is 20.5. The molecule has 0 saturated carbocycles. The van der Waals surface area contributed by atoms with E-state index in [-0.39, 0.29) is 4.90 Å². The van der Waals surface area contributed by atoms with Crippen LogP contribution in [0.4, 0.5) is 0 Å². The summed E-state index contributed by atoms with van der Waals surface area (Å²) >= 11 is 3.59. The molecule has 27 heavy (non-hydrogen) atoms. The molecule has 0 fully saturated rings. The van der Waals surface area contributed by atoms with Gasteiger partial charge in [0.1, 0.15) is 0 Å². The number of nitrogens with zero attached hydrogens (tertiary/aromatic N) is 1. The highest BCUT2D eigenvalue weighted by molar-refractivity contribution is 7.79. The van der Waals surface area contributed by atoms with E-state index in [9.17, 15) is 4.21 Å². The van der Waals surface area contributed by atoms with Gasteiger partial charge in [-0.05, 0) is 37.8 Å². The molecule has 1 N–H and O–H groups in total. The first kappa shape index (κ1) is 26.6. The Morgan fingerprint density at radius 2 is 1.19 bits per heavy atom. The molecule has 3 nitrogen and oxygen atoms in total. The average molecular weight is 419 g/mol. The first-order valence-electron chi connectivity index (χ1n) is 10.7. The third-order valence-electron chi connectivity index (χ3n) is 4.97. The van der Waals surface area contributed by atoms with Crippen LogP contribution in [0.1, 0.15) is 79.1 Å². The highest BCUT2D eigenvalue weighted by Gasteiger charge is 2.24. The van der Waals surface area contributed by atoms with Crippen LogP contribution in [0.3, 0.4) is 0 Å². The van der Waals surface area contributed by atoms with Crippen molar-refractivity contribution in [2.75, 3.05) is 26.2 Å². The lowest BCUT2D eigenvalue weighted by Gasteiger charge is -2.39. The molecular weight excluding hydrogens is 378 g/mol. The van der Waals surface area contributed by atoms with E-state index < -0.39 is 11.1 Å². The smallest absolute Gasteiger partial charge is 0.188 e. The molecule has 0 aromatic heterocycles. The lowest BCUT2D eigenvalue weighted by molar-refractivity contribution is -0.929. The van der Waals surface area contributed by atoms with Gasteiger partial charge in [0.05, 0.1) is 36.1 Å². The summed E-state index contributed by atoms with van der Waals surface area (Å²) < 4.78 is 20.5. The quantitative estimate of drug-likeness (QED) is 0.278. The fourth-order valence-corrected chi connectivity index (χ4v) is 3.99. The van der Waals surface area contributed by atoms with Gasteiger partial charge in [-0.15, -0.1) is 0 Å². The minimum absolute atomic E-state index is 0.254. The van der Waals surface area contributed by atoms with Crippen molar-refractivity contribution in [3.8, 4) is 0 Å². The maximum absolute atomic E-state index is 10.4. The van der Waals surface area contributed by atoms with Crippen LogP contribution < -0.4 is 0 Å².